The summed E-state index contributed by atoms with van der Waals surface area (Å²) in [6.45, 7) is 1.79. The van der Waals surface area contributed by atoms with E-state index in [9.17, 15) is 23.1 Å². The molecule has 0 saturated heterocycles. The van der Waals surface area contributed by atoms with Crippen molar-refractivity contribution in [1.82, 2.24) is 34.6 Å². The molecule has 16 heteroatoms. The fraction of sp³-hybridized carbons (Fsp3) is 0.300. The molecule has 0 saturated carbocycles. The molecule has 4 aromatic heterocycles. The van der Waals surface area contributed by atoms with Gasteiger partial charge in [0.1, 0.15) is 11.1 Å². The van der Waals surface area contributed by atoms with Crippen LogP contribution >= 0.6 is 23.2 Å². The van der Waals surface area contributed by atoms with Crippen LogP contribution in [-0.2, 0) is 5.41 Å². The van der Waals surface area contributed by atoms with E-state index in [0.717, 1.165) is 21.1 Å². The first-order valence-electron chi connectivity index (χ1n) is 10.4. The van der Waals surface area contributed by atoms with E-state index in [4.69, 9.17) is 23.2 Å². The molecule has 0 spiro atoms. The van der Waals surface area contributed by atoms with Crippen molar-refractivity contribution in [2.45, 2.75) is 31.5 Å². The first kappa shape index (κ1) is 24.2. The number of aliphatic hydroxyl groups is 1. The Balaban J connectivity index is 1.47. The number of nitrogens with one attached hydrogen (secondary N) is 1. The van der Waals surface area contributed by atoms with Gasteiger partial charge in [-0.2, -0.15) is 23.4 Å². The van der Waals surface area contributed by atoms with Crippen LogP contribution in [0.25, 0.3) is 11.5 Å². The molecule has 5 heterocycles. The maximum absolute atomic E-state index is 14.2. The lowest BCUT2D eigenvalue weighted by atomic mass is 9.88. The Bertz CT molecular complexity index is 1500. The molecule has 0 fully saturated rings. The molecule has 1 aliphatic heterocycles. The normalized spacial score (nSPS) is 18.5. The first-order valence-corrected chi connectivity index (χ1v) is 11.1. The number of carbonyl (C=O) groups is 1. The molecule has 5 rings (SSSR count). The number of carbonyl (C=O) groups excluding carboxylic acids is 1. The number of aromatic nitrogens is 7. The summed E-state index contributed by atoms with van der Waals surface area (Å²) in [6.07, 6.45) is -1.79. The predicted octanol–water partition coefficient (Wildman–Crippen LogP) is 3.94. The average molecular weight is 542 g/mol. The van der Waals surface area contributed by atoms with E-state index in [1.54, 1.807) is 0 Å². The lowest BCUT2D eigenvalue weighted by molar-refractivity contribution is -0.181. The van der Waals surface area contributed by atoms with Gasteiger partial charge >= 0.3 is 12.2 Å². The van der Waals surface area contributed by atoms with E-state index in [1.165, 1.54) is 37.6 Å². The second-order valence-electron chi connectivity index (χ2n) is 8.34. The van der Waals surface area contributed by atoms with Crippen LogP contribution in [0.2, 0.25) is 10.2 Å². The molecule has 36 heavy (non-hydrogen) atoms. The molecular formula is C20H16Cl2F3N9O2. The van der Waals surface area contributed by atoms with E-state index in [-0.39, 0.29) is 38.7 Å². The fourth-order valence-corrected chi connectivity index (χ4v) is 4.31. The molecule has 0 aromatic carbocycles. The summed E-state index contributed by atoms with van der Waals surface area (Å²) >= 11 is 12.2. The minimum absolute atomic E-state index is 0.0311. The smallest absolute Gasteiger partial charge is 0.387 e. The van der Waals surface area contributed by atoms with Gasteiger partial charge in [0.15, 0.2) is 16.6 Å². The van der Waals surface area contributed by atoms with E-state index < -0.39 is 30.3 Å². The summed E-state index contributed by atoms with van der Waals surface area (Å²) < 4.78 is 43.7. The number of aliphatic hydroxyl groups excluding tert-OH is 1. The molecule has 2 atom stereocenters. The SMILES string of the molecule is C[C@@H](O)c1cnn(-c2ncc(NC(=O)N3C[C@@](C)(C(F)(F)F)c4c3cnc3cc(Cl)nn43)cc2Cl)n1. The van der Waals surface area contributed by atoms with Gasteiger partial charge in [-0.3, -0.25) is 4.90 Å². The van der Waals surface area contributed by atoms with Crippen molar-refractivity contribution in [1.29, 1.82) is 0 Å². The Labute approximate surface area is 210 Å². The molecular weight excluding hydrogens is 526 g/mol. The zero-order chi connectivity index (χ0) is 26.0. The van der Waals surface area contributed by atoms with Crippen LogP contribution in [0.4, 0.5) is 29.3 Å². The van der Waals surface area contributed by atoms with Crippen molar-refractivity contribution < 1.29 is 23.1 Å². The van der Waals surface area contributed by atoms with Gasteiger partial charge in [-0.15, -0.1) is 9.90 Å². The van der Waals surface area contributed by atoms with Crippen molar-refractivity contribution in [3.05, 3.63) is 52.3 Å². The summed E-state index contributed by atoms with van der Waals surface area (Å²) in [7, 11) is 0. The third kappa shape index (κ3) is 3.81. The molecule has 0 aliphatic carbocycles. The van der Waals surface area contributed by atoms with Crippen molar-refractivity contribution in [3.8, 4) is 5.82 Å². The molecule has 2 amide bonds. The van der Waals surface area contributed by atoms with Crippen molar-refractivity contribution in [2.75, 3.05) is 16.8 Å². The van der Waals surface area contributed by atoms with E-state index in [2.05, 4.69) is 30.6 Å². The van der Waals surface area contributed by atoms with Gasteiger partial charge in [0.25, 0.3) is 0 Å². The molecule has 1 aliphatic rings. The number of pyridine rings is 1. The van der Waals surface area contributed by atoms with Crippen molar-refractivity contribution in [2.24, 2.45) is 0 Å². The lowest BCUT2D eigenvalue weighted by Gasteiger charge is -2.28. The number of amides is 2. The maximum atomic E-state index is 14.2. The maximum Gasteiger partial charge on any atom is 0.401 e. The van der Waals surface area contributed by atoms with Crippen LogP contribution in [0.3, 0.4) is 0 Å². The fourth-order valence-electron chi connectivity index (χ4n) is 3.90. The standard InChI is InChI=1S/C20H16Cl2F3N9O2/c1-9(35)12-6-28-34(30-12)17-11(21)3-10(5-27-17)29-18(36)32-8-19(2,20(23,24)25)16-13(32)7-26-15-4-14(22)31-33(15)16/h3-7,9,35H,8H2,1-2H3,(H,29,36)/t9-,19-/m1/s1. The average Bonchev–Trinajstić information content (AvgIpc) is 3.49. The minimum atomic E-state index is -4.71. The van der Waals surface area contributed by atoms with Gasteiger partial charge in [-0.05, 0) is 19.9 Å². The number of nitrogens with zero attached hydrogens (tertiary/aromatic N) is 8. The van der Waals surface area contributed by atoms with Crippen LogP contribution in [-0.4, -0.2) is 58.4 Å². The van der Waals surface area contributed by atoms with E-state index in [1.807, 2.05) is 0 Å². The van der Waals surface area contributed by atoms with Gasteiger partial charge in [-0.25, -0.2) is 19.3 Å². The number of alkyl halides is 3. The van der Waals surface area contributed by atoms with Gasteiger partial charge in [0.05, 0.1) is 46.8 Å². The number of anilines is 2. The topological polar surface area (TPSA) is 126 Å². The molecule has 11 nitrogen and oxygen atoms in total. The van der Waals surface area contributed by atoms with Crippen molar-refractivity contribution in [3.63, 3.8) is 0 Å². The Morgan fingerprint density at radius 3 is 2.58 bits per heavy atom. The highest BCUT2D eigenvalue weighted by atomic mass is 35.5. The molecule has 0 bridgehead atoms. The Hall–Kier alpha value is -3.49. The number of urea groups is 1. The van der Waals surface area contributed by atoms with Crippen LogP contribution in [0, 0.1) is 0 Å². The van der Waals surface area contributed by atoms with Gasteiger partial charge in [0.2, 0.25) is 0 Å². The number of fused-ring (bicyclic) bond motifs is 3. The molecule has 0 radical (unpaired) electrons. The second kappa shape index (κ2) is 8.28. The zero-order valence-electron chi connectivity index (χ0n) is 18.5. The van der Waals surface area contributed by atoms with Gasteiger partial charge in [-0.1, -0.05) is 23.2 Å². The van der Waals surface area contributed by atoms with Crippen LogP contribution in [0.1, 0.15) is 31.3 Å². The number of hydrogen-bond acceptors (Lipinski definition) is 7. The molecule has 188 valence electrons. The van der Waals surface area contributed by atoms with E-state index in [0.29, 0.717) is 5.69 Å². The summed E-state index contributed by atoms with van der Waals surface area (Å²) in [4.78, 5) is 23.4. The molecule has 2 N–H and O–H groups in total. The van der Waals surface area contributed by atoms with Crippen molar-refractivity contribution >= 4 is 46.3 Å². The number of hydrogen-bond donors (Lipinski definition) is 2. The number of halogens is 5. The van der Waals surface area contributed by atoms with Gasteiger partial charge in [0, 0.05) is 12.6 Å². The third-order valence-corrected chi connectivity index (χ3v) is 6.26. The monoisotopic (exact) mass is 541 g/mol. The Kier molecular flexibility index (Phi) is 5.57. The summed E-state index contributed by atoms with van der Waals surface area (Å²) in [5, 5.41) is 24.1. The highest BCUT2D eigenvalue weighted by Crippen LogP contribution is 2.50. The summed E-state index contributed by atoms with van der Waals surface area (Å²) in [6, 6.07) is 1.82. The van der Waals surface area contributed by atoms with Gasteiger partial charge < -0.3 is 10.4 Å². The second-order valence-corrected chi connectivity index (χ2v) is 9.13. The first-order chi connectivity index (χ1) is 16.9. The largest absolute Gasteiger partial charge is 0.401 e. The highest BCUT2D eigenvalue weighted by molar-refractivity contribution is 6.32. The minimum Gasteiger partial charge on any atom is -0.387 e. The predicted molar refractivity (Wildman–Crippen MR) is 123 cm³/mol. The Morgan fingerprint density at radius 2 is 1.94 bits per heavy atom. The van der Waals surface area contributed by atoms with Crippen LogP contribution < -0.4 is 10.2 Å². The molecule has 0 unspecified atom stereocenters. The lowest BCUT2D eigenvalue weighted by Crippen LogP contribution is -2.46. The Morgan fingerprint density at radius 1 is 1.19 bits per heavy atom. The van der Waals surface area contributed by atoms with Crippen LogP contribution in [0.5, 0.6) is 0 Å². The zero-order valence-corrected chi connectivity index (χ0v) is 20.0. The van der Waals surface area contributed by atoms with Crippen LogP contribution in [0.15, 0.2) is 30.7 Å². The summed E-state index contributed by atoms with van der Waals surface area (Å²) in [5.41, 5.74) is -2.23. The highest BCUT2D eigenvalue weighted by Gasteiger charge is 2.60. The number of rotatable bonds is 3. The summed E-state index contributed by atoms with van der Waals surface area (Å²) in [5.74, 6) is 0.125. The molecule has 4 aromatic rings. The quantitative estimate of drug-likeness (QED) is 0.402. The third-order valence-electron chi connectivity index (χ3n) is 5.79. The van der Waals surface area contributed by atoms with E-state index >= 15 is 0 Å².